The van der Waals surface area contributed by atoms with Gasteiger partial charge >= 0.3 is 0 Å². The molecule has 0 unspecified atom stereocenters. The number of hydrogen-bond acceptors (Lipinski definition) is 4. The summed E-state index contributed by atoms with van der Waals surface area (Å²) in [4.78, 5) is 30.5. The van der Waals surface area contributed by atoms with E-state index in [0.717, 1.165) is 32.2 Å². The highest BCUT2D eigenvalue weighted by atomic mass is 16.5. The average Bonchev–Trinajstić information content (AvgIpc) is 3.25. The molecule has 2 amide bonds. The lowest BCUT2D eigenvalue weighted by Crippen LogP contribution is -2.55. The van der Waals surface area contributed by atoms with Crippen LogP contribution in [0.25, 0.3) is 0 Å². The Morgan fingerprint density at radius 3 is 2.54 bits per heavy atom. The minimum Gasteiger partial charge on any atom is -0.381 e. The molecule has 0 radical (unpaired) electrons. The van der Waals surface area contributed by atoms with Gasteiger partial charge in [-0.15, -0.1) is 0 Å². The molecule has 5 nitrogen and oxygen atoms in total. The van der Waals surface area contributed by atoms with E-state index in [-0.39, 0.29) is 35.2 Å². The van der Waals surface area contributed by atoms with Gasteiger partial charge in [0, 0.05) is 24.8 Å². The second-order valence-electron chi connectivity index (χ2n) is 7.47. The number of carbonyl (C=O) groups excluding carboxylic acids is 2. The molecular weight excluding hydrogens is 304 g/mol. The zero-order valence-electron chi connectivity index (χ0n) is 13.7. The largest absolute Gasteiger partial charge is 0.381 e. The monoisotopic (exact) mass is 326 g/mol. The van der Waals surface area contributed by atoms with Crippen LogP contribution in [0.4, 0.5) is 5.69 Å². The molecule has 24 heavy (non-hydrogen) atoms. The van der Waals surface area contributed by atoms with Crippen molar-refractivity contribution in [3.8, 4) is 0 Å². The van der Waals surface area contributed by atoms with E-state index >= 15 is 0 Å². The third-order valence-corrected chi connectivity index (χ3v) is 6.59. The molecule has 3 atom stereocenters. The first kappa shape index (κ1) is 14.6. The minimum atomic E-state index is -0.195. The fourth-order valence-corrected chi connectivity index (χ4v) is 5.70. The molecule has 0 aliphatic carbocycles. The molecule has 4 fully saturated rings. The molecule has 4 heterocycles. The van der Waals surface area contributed by atoms with Crippen LogP contribution in [0.1, 0.15) is 25.7 Å². The van der Waals surface area contributed by atoms with Gasteiger partial charge in [0.2, 0.25) is 11.8 Å². The molecular formula is C19H22N2O3. The number of benzene rings is 1. The molecule has 0 bridgehead atoms. The standard InChI is InChI=1S/C19H22N2O3/c22-17-15-14-7-4-10-20(14)19(8-11-24-12-9-19)16(15)18(23)21(17)13-5-2-1-3-6-13/h1-3,5-6,14-16H,4,7-12H2/t14-,15-,16+/m1/s1. The molecule has 4 saturated heterocycles. The van der Waals surface area contributed by atoms with Crippen molar-refractivity contribution in [1.82, 2.24) is 4.90 Å². The van der Waals surface area contributed by atoms with Gasteiger partial charge in [0.1, 0.15) is 0 Å². The second-order valence-corrected chi connectivity index (χ2v) is 7.47. The van der Waals surface area contributed by atoms with Crippen LogP contribution in [0.3, 0.4) is 0 Å². The number of carbonyl (C=O) groups is 2. The van der Waals surface area contributed by atoms with Gasteiger partial charge in [0.05, 0.1) is 17.5 Å². The van der Waals surface area contributed by atoms with Crippen LogP contribution in [-0.2, 0) is 14.3 Å². The first-order valence-corrected chi connectivity index (χ1v) is 9.01. The fourth-order valence-electron chi connectivity index (χ4n) is 5.70. The summed E-state index contributed by atoms with van der Waals surface area (Å²) in [5.41, 5.74) is 0.550. The van der Waals surface area contributed by atoms with E-state index in [0.29, 0.717) is 18.9 Å². The van der Waals surface area contributed by atoms with Gasteiger partial charge in [-0.3, -0.25) is 14.5 Å². The summed E-state index contributed by atoms with van der Waals surface area (Å²) < 4.78 is 5.59. The number of nitrogens with zero attached hydrogens (tertiary/aromatic N) is 2. The number of anilines is 1. The number of hydrogen-bond donors (Lipinski definition) is 0. The smallest absolute Gasteiger partial charge is 0.239 e. The Balaban J connectivity index is 1.60. The van der Waals surface area contributed by atoms with E-state index in [9.17, 15) is 9.59 Å². The Labute approximate surface area is 141 Å². The molecule has 126 valence electrons. The molecule has 0 N–H and O–H groups in total. The van der Waals surface area contributed by atoms with Crippen LogP contribution in [0.15, 0.2) is 30.3 Å². The molecule has 0 aromatic heterocycles. The highest BCUT2D eigenvalue weighted by Gasteiger charge is 2.69. The van der Waals surface area contributed by atoms with Crippen LogP contribution >= 0.6 is 0 Å². The van der Waals surface area contributed by atoms with Crippen molar-refractivity contribution in [3.05, 3.63) is 30.3 Å². The number of ether oxygens (including phenoxy) is 1. The maximum Gasteiger partial charge on any atom is 0.239 e. The van der Waals surface area contributed by atoms with Gasteiger partial charge in [-0.25, -0.2) is 4.90 Å². The predicted molar refractivity (Wildman–Crippen MR) is 88.4 cm³/mol. The topological polar surface area (TPSA) is 49.9 Å². The zero-order valence-corrected chi connectivity index (χ0v) is 13.7. The summed E-state index contributed by atoms with van der Waals surface area (Å²) >= 11 is 0. The fraction of sp³-hybridized carbons (Fsp3) is 0.579. The van der Waals surface area contributed by atoms with Crippen LogP contribution in [0, 0.1) is 11.8 Å². The second kappa shape index (κ2) is 5.14. The van der Waals surface area contributed by atoms with Gasteiger partial charge in [-0.2, -0.15) is 0 Å². The van der Waals surface area contributed by atoms with Crippen molar-refractivity contribution in [2.24, 2.45) is 11.8 Å². The SMILES string of the molecule is O=C1[C@@H]2[C@H]3CCCN3C3(CCOCC3)[C@@H]2C(=O)N1c1ccccc1. The highest BCUT2D eigenvalue weighted by Crippen LogP contribution is 2.56. The number of fused-ring (bicyclic) bond motifs is 5. The first-order valence-electron chi connectivity index (χ1n) is 9.01. The van der Waals surface area contributed by atoms with Crippen molar-refractivity contribution in [2.75, 3.05) is 24.7 Å². The molecule has 5 heteroatoms. The maximum atomic E-state index is 13.3. The summed E-state index contributed by atoms with van der Waals surface area (Å²) in [7, 11) is 0. The zero-order chi connectivity index (χ0) is 16.3. The number of amides is 2. The average molecular weight is 326 g/mol. The van der Waals surface area contributed by atoms with Crippen molar-refractivity contribution < 1.29 is 14.3 Å². The summed E-state index contributed by atoms with van der Waals surface area (Å²) in [5, 5.41) is 0. The molecule has 1 aromatic carbocycles. The van der Waals surface area contributed by atoms with Gasteiger partial charge in [-0.1, -0.05) is 18.2 Å². The van der Waals surface area contributed by atoms with Crippen LogP contribution < -0.4 is 4.90 Å². The van der Waals surface area contributed by atoms with Gasteiger partial charge in [0.15, 0.2) is 0 Å². The summed E-state index contributed by atoms with van der Waals surface area (Å²) in [5.74, 6) is -0.346. The summed E-state index contributed by atoms with van der Waals surface area (Å²) in [6.07, 6.45) is 3.90. The molecule has 4 aliphatic rings. The lowest BCUT2D eigenvalue weighted by Gasteiger charge is -2.44. The van der Waals surface area contributed by atoms with Crippen molar-refractivity contribution >= 4 is 17.5 Å². The normalized spacial score (nSPS) is 34.8. The van der Waals surface area contributed by atoms with E-state index in [1.54, 1.807) is 0 Å². The van der Waals surface area contributed by atoms with E-state index in [2.05, 4.69) is 4.90 Å². The third kappa shape index (κ3) is 1.72. The molecule has 0 saturated carbocycles. The summed E-state index contributed by atoms with van der Waals surface area (Å²) in [6.45, 7) is 2.40. The predicted octanol–water partition coefficient (Wildman–Crippen LogP) is 1.82. The van der Waals surface area contributed by atoms with E-state index < -0.39 is 0 Å². The first-order chi connectivity index (χ1) is 11.7. The van der Waals surface area contributed by atoms with Crippen LogP contribution in [0.2, 0.25) is 0 Å². The Hall–Kier alpha value is -1.72. The lowest BCUT2D eigenvalue weighted by atomic mass is 9.74. The van der Waals surface area contributed by atoms with E-state index in [1.807, 2.05) is 30.3 Å². The number of para-hydroxylation sites is 1. The highest BCUT2D eigenvalue weighted by molar-refractivity contribution is 6.23. The number of imide groups is 1. The number of rotatable bonds is 1. The summed E-state index contributed by atoms with van der Waals surface area (Å²) in [6, 6.07) is 9.64. The molecule has 1 spiro atoms. The third-order valence-electron chi connectivity index (χ3n) is 6.59. The Morgan fingerprint density at radius 1 is 1.04 bits per heavy atom. The maximum absolute atomic E-state index is 13.3. The Kier molecular flexibility index (Phi) is 3.13. The van der Waals surface area contributed by atoms with Crippen LogP contribution in [0.5, 0.6) is 0 Å². The quantitative estimate of drug-likeness (QED) is 0.739. The Morgan fingerprint density at radius 2 is 1.79 bits per heavy atom. The molecule has 5 rings (SSSR count). The Bertz CT molecular complexity index is 683. The van der Waals surface area contributed by atoms with Gasteiger partial charge < -0.3 is 4.74 Å². The molecule has 1 aromatic rings. The molecule has 4 aliphatic heterocycles. The van der Waals surface area contributed by atoms with Crippen molar-refractivity contribution in [1.29, 1.82) is 0 Å². The minimum absolute atomic E-state index is 0.00694. The van der Waals surface area contributed by atoms with E-state index in [1.165, 1.54) is 4.90 Å². The van der Waals surface area contributed by atoms with Crippen molar-refractivity contribution in [2.45, 2.75) is 37.3 Å². The van der Waals surface area contributed by atoms with Gasteiger partial charge in [-0.05, 0) is 44.4 Å². The van der Waals surface area contributed by atoms with Crippen molar-refractivity contribution in [3.63, 3.8) is 0 Å². The van der Waals surface area contributed by atoms with Crippen LogP contribution in [-0.4, -0.2) is 48.1 Å². The lowest BCUT2D eigenvalue weighted by molar-refractivity contribution is -0.127. The van der Waals surface area contributed by atoms with E-state index in [4.69, 9.17) is 4.74 Å². The van der Waals surface area contributed by atoms with Gasteiger partial charge in [0.25, 0.3) is 0 Å².